The van der Waals surface area contributed by atoms with Crippen molar-refractivity contribution in [1.82, 2.24) is 0 Å². The van der Waals surface area contributed by atoms with E-state index >= 15 is 0 Å². The van der Waals surface area contributed by atoms with E-state index in [2.05, 4.69) is 10.7 Å². The van der Waals surface area contributed by atoms with Gasteiger partial charge in [0.05, 0.1) is 6.54 Å². The van der Waals surface area contributed by atoms with Crippen LogP contribution < -0.4 is 16.6 Å². The van der Waals surface area contributed by atoms with Gasteiger partial charge in [0.25, 0.3) is 0 Å². The van der Waals surface area contributed by atoms with Gasteiger partial charge < -0.3 is 10.7 Å². The summed E-state index contributed by atoms with van der Waals surface area (Å²) < 4.78 is 0. The Bertz CT molecular complexity index is 281. The van der Waals surface area contributed by atoms with Crippen molar-refractivity contribution < 1.29 is 4.79 Å². The smallest absolute Gasteiger partial charge is 0.148 e. The maximum absolute atomic E-state index is 10.6. The van der Waals surface area contributed by atoms with Crippen LogP contribution in [0.2, 0.25) is 0 Å². The molecule has 0 spiro atoms. The van der Waals surface area contributed by atoms with Crippen LogP contribution in [0.3, 0.4) is 0 Å². The number of benzene rings is 1. The molecule has 0 radical (unpaired) electrons. The molecule has 0 aromatic heterocycles. The minimum atomic E-state index is 0.112. The second kappa shape index (κ2) is 4.47. The molecule has 0 heterocycles. The molecule has 4 heteroatoms. The fraction of sp³-hybridized carbons (Fsp3) is 0.222. The third-order valence-corrected chi connectivity index (χ3v) is 1.59. The molecule has 0 atom stereocenters. The van der Waals surface area contributed by atoms with E-state index in [4.69, 9.17) is 5.84 Å². The summed E-state index contributed by atoms with van der Waals surface area (Å²) in [6, 6.07) is 7.39. The summed E-state index contributed by atoms with van der Waals surface area (Å²) in [5, 5.41) is 2.98. The van der Waals surface area contributed by atoms with Gasteiger partial charge in [-0.15, -0.1) is 0 Å². The number of hydrazine groups is 1. The van der Waals surface area contributed by atoms with Crippen LogP contribution in [0.1, 0.15) is 6.92 Å². The number of nitrogen functional groups attached to an aromatic ring is 1. The fourth-order valence-electron chi connectivity index (χ4n) is 0.911. The van der Waals surface area contributed by atoms with Gasteiger partial charge in [-0.25, -0.2) is 0 Å². The van der Waals surface area contributed by atoms with E-state index in [1.165, 1.54) is 0 Å². The normalized spacial score (nSPS) is 9.38. The Morgan fingerprint density at radius 2 is 1.85 bits per heavy atom. The summed E-state index contributed by atoms with van der Waals surface area (Å²) >= 11 is 0. The van der Waals surface area contributed by atoms with Crippen LogP contribution >= 0.6 is 0 Å². The number of nitrogens with one attached hydrogen (secondary N) is 2. The van der Waals surface area contributed by atoms with Gasteiger partial charge in [-0.1, -0.05) is 0 Å². The monoisotopic (exact) mass is 179 g/mol. The molecule has 0 saturated heterocycles. The highest BCUT2D eigenvalue weighted by Crippen LogP contribution is 2.11. The van der Waals surface area contributed by atoms with Crippen molar-refractivity contribution in [2.75, 3.05) is 17.3 Å². The predicted molar refractivity (Wildman–Crippen MR) is 53.4 cm³/mol. The zero-order chi connectivity index (χ0) is 9.68. The quantitative estimate of drug-likeness (QED) is 0.476. The summed E-state index contributed by atoms with van der Waals surface area (Å²) in [6.45, 7) is 1.90. The van der Waals surface area contributed by atoms with E-state index in [1.807, 2.05) is 24.3 Å². The SMILES string of the molecule is CC(=O)CNc1ccc(NN)cc1. The largest absolute Gasteiger partial charge is 0.378 e. The molecule has 0 aliphatic carbocycles. The Kier molecular flexibility index (Phi) is 3.28. The molecule has 0 aliphatic heterocycles. The summed E-state index contributed by atoms with van der Waals surface area (Å²) in [7, 11) is 0. The second-order valence-corrected chi connectivity index (χ2v) is 2.78. The molecule has 0 aliphatic rings. The molecule has 0 saturated carbocycles. The number of Topliss-reactive ketones (excluding diaryl/α,β-unsaturated/α-hetero) is 1. The van der Waals surface area contributed by atoms with Gasteiger partial charge in [0.1, 0.15) is 5.78 Å². The lowest BCUT2D eigenvalue weighted by Gasteiger charge is -2.04. The Labute approximate surface area is 77.1 Å². The molecule has 70 valence electrons. The molecule has 0 bridgehead atoms. The summed E-state index contributed by atoms with van der Waals surface area (Å²) in [6.07, 6.45) is 0. The Morgan fingerprint density at radius 1 is 1.31 bits per heavy atom. The molecular formula is C9H13N3O. The average molecular weight is 179 g/mol. The van der Waals surface area contributed by atoms with Crippen LogP contribution in [0.15, 0.2) is 24.3 Å². The molecule has 0 amide bonds. The van der Waals surface area contributed by atoms with E-state index in [9.17, 15) is 4.79 Å². The molecule has 13 heavy (non-hydrogen) atoms. The standard InChI is InChI=1S/C9H13N3O/c1-7(13)6-11-8-2-4-9(12-10)5-3-8/h2-5,11-12H,6,10H2,1H3. The van der Waals surface area contributed by atoms with Gasteiger partial charge in [-0.2, -0.15) is 0 Å². The lowest BCUT2D eigenvalue weighted by Crippen LogP contribution is -2.10. The number of hydrogen-bond donors (Lipinski definition) is 3. The number of nitrogens with two attached hydrogens (primary N) is 1. The highest BCUT2D eigenvalue weighted by atomic mass is 16.1. The maximum atomic E-state index is 10.6. The molecule has 0 unspecified atom stereocenters. The second-order valence-electron chi connectivity index (χ2n) is 2.78. The Hall–Kier alpha value is -1.55. The van der Waals surface area contributed by atoms with E-state index in [1.54, 1.807) is 6.92 Å². The predicted octanol–water partition coefficient (Wildman–Crippen LogP) is 0.973. The number of rotatable bonds is 4. The molecule has 0 fully saturated rings. The van der Waals surface area contributed by atoms with Crippen LogP contribution in [-0.4, -0.2) is 12.3 Å². The zero-order valence-electron chi connectivity index (χ0n) is 7.50. The summed E-state index contributed by atoms with van der Waals surface area (Å²) in [5.41, 5.74) is 4.28. The molecule has 1 aromatic carbocycles. The molecule has 1 rings (SSSR count). The van der Waals surface area contributed by atoms with Crippen LogP contribution in [-0.2, 0) is 4.79 Å². The fourth-order valence-corrected chi connectivity index (χ4v) is 0.911. The third kappa shape index (κ3) is 3.13. The van der Waals surface area contributed by atoms with Gasteiger partial charge in [0.15, 0.2) is 0 Å². The first kappa shape index (κ1) is 9.54. The van der Waals surface area contributed by atoms with Gasteiger partial charge in [-0.3, -0.25) is 10.6 Å². The van der Waals surface area contributed by atoms with Crippen molar-refractivity contribution in [1.29, 1.82) is 0 Å². The van der Waals surface area contributed by atoms with Crippen molar-refractivity contribution in [3.63, 3.8) is 0 Å². The highest BCUT2D eigenvalue weighted by Gasteiger charge is 1.94. The van der Waals surface area contributed by atoms with Crippen molar-refractivity contribution in [3.05, 3.63) is 24.3 Å². The number of anilines is 2. The van der Waals surface area contributed by atoms with Crippen LogP contribution in [0, 0.1) is 0 Å². The van der Waals surface area contributed by atoms with Crippen LogP contribution in [0.5, 0.6) is 0 Å². The first-order chi connectivity index (χ1) is 6.22. The maximum Gasteiger partial charge on any atom is 0.148 e. The van der Waals surface area contributed by atoms with E-state index < -0.39 is 0 Å². The Balaban J connectivity index is 2.54. The first-order valence-corrected chi connectivity index (χ1v) is 4.02. The summed E-state index contributed by atoms with van der Waals surface area (Å²) in [5.74, 6) is 5.31. The molecule has 1 aromatic rings. The van der Waals surface area contributed by atoms with Crippen molar-refractivity contribution in [3.8, 4) is 0 Å². The third-order valence-electron chi connectivity index (χ3n) is 1.59. The minimum absolute atomic E-state index is 0.112. The van der Waals surface area contributed by atoms with Gasteiger partial charge in [-0.05, 0) is 31.2 Å². The van der Waals surface area contributed by atoms with Gasteiger partial charge in [0.2, 0.25) is 0 Å². The van der Waals surface area contributed by atoms with E-state index in [-0.39, 0.29) is 5.78 Å². The topological polar surface area (TPSA) is 67.2 Å². The first-order valence-electron chi connectivity index (χ1n) is 4.02. The number of carbonyl (C=O) groups excluding carboxylic acids is 1. The lowest BCUT2D eigenvalue weighted by atomic mass is 10.3. The number of hydrogen-bond acceptors (Lipinski definition) is 4. The lowest BCUT2D eigenvalue weighted by molar-refractivity contribution is -0.115. The molecule has 4 N–H and O–H groups in total. The van der Waals surface area contributed by atoms with E-state index in [0.717, 1.165) is 11.4 Å². The van der Waals surface area contributed by atoms with Crippen molar-refractivity contribution >= 4 is 17.2 Å². The Morgan fingerprint density at radius 3 is 2.31 bits per heavy atom. The van der Waals surface area contributed by atoms with Crippen LogP contribution in [0.4, 0.5) is 11.4 Å². The highest BCUT2D eigenvalue weighted by molar-refractivity contribution is 5.80. The zero-order valence-corrected chi connectivity index (χ0v) is 7.50. The molecule has 4 nitrogen and oxygen atoms in total. The van der Waals surface area contributed by atoms with Gasteiger partial charge >= 0.3 is 0 Å². The van der Waals surface area contributed by atoms with Crippen LogP contribution in [0.25, 0.3) is 0 Å². The minimum Gasteiger partial charge on any atom is -0.378 e. The molecular weight excluding hydrogens is 166 g/mol. The van der Waals surface area contributed by atoms with Crippen molar-refractivity contribution in [2.24, 2.45) is 5.84 Å². The summed E-state index contributed by atoms with van der Waals surface area (Å²) in [4.78, 5) is 10.6. The number of carbonyl (C=O) groups is 1. The van der Waals surface area contributed by atoms with E-state index in [0.29, 0.717) is 6.54 Å². The van der Waals surface area contributed by atoms with Gasteiger partial charge in [0, 0.05) is 11.4 Å². The van der Waals surface area contributed by atoms with Crippen molar-refractivity contribution in [2.45, 2.75) is 6.92 Å². The number of ketones is 1. The average Bonchev–Trinajstić information content (AvgIpc) is 2.15.